The minimum atomic E-state index is -0.469. The number of fused-ring (bicyclic) bond motifs is 12. The van der Waals surface area contributed by atoms with Gasteiger partial charge < -0.3 is 0 Å². The van der Waals surface area contributed by atoms with Gasteiger partial charge in [-0.2, -0.15) is 0 Å². The predicted molar refractivity (Wildman–Crippen MR) is 101 cm³/mol. The van der Waals surface area contributed by atoms with Crippen LogP contribution in [-0.2, 0) is 24.0 Å². The first-order valence-corrected chi connectivity index (χ1v) is 11.5. The molecule has 5 aliphatic carbocycles. The van der Waals surface area contributed by atoms with E-state index < -0.39 is 10.8 Å². The minimum absolute atomic E-state index is 0.0165. The predicted octanol–water partition coefficient (Wildman–Crippen LogP) is 0.864. The van der Waals surface area contributed by atoms with Crippen LogP contribution in [0.3, 0.4) is 0 Å². The molecule has 10 atom stereocenters. The average Bonchev–Trinajstić information content (AvgIpc) is 3.53. The van der Waals surface area contributed by atoms with Crippen molar-refractivity contribution in [2.75, 3.05) is 13.6 Å². The molecule has 30 heavy (non-hydrogen) atoms. The van der Waals surface area contributed by atoms with Crippen molar-refractivity contribution in [3.05, 3.63) is 0 Å². The second-order valence-corrected chi connectivity index (χ2v) is 11.2. The van der Waals surface area contributed by atoms with E-state index >= 15 is 0 Å². The topological polar surface area (TPSA) is 91.8 Å². The summed E-state index contributed by atoms with van der Waals surface area (Å²) in [5.74, 6) is -0.840. The van der Waals surface area contributed by atoms with Crippen molar-refractivity contribution in [2.45, 2.75) is 39.0 Å². The number of carbonyl (C=O) groups is 5. The van der Waals surface area contributed by atoms with Gasteiger partial charge in [-0.1, -0.05) is 0 Å². The third kappa shape index (κ3) is 1.49. The van der Waals surface area contributed by atoms with Crippen molar-refractivity contribution in [1.29, 1.82) is 0 Å². The Morgan fingerprint density at radius 3 is 1.77 bits per heavy atom. The maximum Gasteiger partial charge on any atom is 0.233 e. The minimum Gasteiger partial charge on any atom is -0.298 e. The van der Waals surface area contributed by atoms with Crippen LogP contribution in [0.2, 0.25) is 0 Å². The largest absolute Gasteiger partial charge is 0.298 e. The van der Waals surface area contributed by atoms with Gasteiger partial charge in [-0.05, 0) is 62.7 Å². The van der Waals surface area contributed by atoms with Gasteiger partial charge in [0.2, 0.25) is 23.6 Å². The van der Waals surface area contributed by atoms with Gasteiger partial charge in [0.15, 0.2) is 0 Å². The van der Waals surface area contributed by atoms with E-state index in [0.29, 0.717) is 6.54 Å². The Hall–Kier alpha value is -2.05. The number of hydrogen-bond acceptors (Lipinski definition) is 5. The normalized spacial score (nSPS) is 54.9. The molecule has 5 saturated carbocycles. The van der Waals surface area contributed by atoms with E-state index in [2.05, 4.69) is 0 Å². The molecular formula is C23H26N2O5. The first kappa shape index (κ1) is 17.6. The molecule has 0 aromatic rings. The third-order valence-electron chi connectivity index (χ3n) is 10.6. The number of amides is 4. The van der Waals surface area contributed by atoms with Crippen LogP contribution in [0, 0.1) is 58.2 Å². The average molecular weight is 410 g/mol. The molecule has 2 spiro atoms. The van der Waals surface area contributed by atoms with Gasteiger partial charge in [-0.3, -0.25) is 33.8 Å². The molecule has 7 fully saturated rings. The number of rotatable bonds is 1. The summed E-state index contributed by atoms with van der Waals surface area (Å²) in [4.78, 5) is 67.6. The summed E-state index contributed by atoms with van der Waals surface area (Å²) in [6, 6.07) is 0. The van der Waals surface area contributed by atoms with Crippen LogP contribution >= 0.6 is 0 Å². The highest BCUT2D eigenvalue weighted by molar-refractivity contribution is 6.09. The monoisotopic (exact) mass is 410 g/mol. The van der Waals surface area contributed by atoms with Crippen LogP contribution in [-0.4, -0.2) is 52.8 Å². The zero-order valence-electron chi connectivity index (χ0n) is 17.3. The molecule has 7 heteroatoms. The fraction of sp³-hybridized carbons (Fsp3) is 0.783. The molecular weight excluding hydrogens is 384 g/mol. The third-order valence-corrected chi connectivity index (χ3v) is 10.6. The van der Waals surface area contributed by atoms with Crippen molar-refractivity contribution in [2.24, 2.45) is 58.2 Å². The van der Waals surface area contributed by atoms with Gasteiger partial charge in [0.1, 0.15) is 5.78 Å². The maximum atomic E-state index is 14.0. The van der Waals surface area contributed by atoms with Gasteiger partial charge in [0.05, 0.1) is 23.7 Å². The van der Waals surface area contributed by atoms with E-state index in [-0.39, 0.29) is 76.8 Å². The molecule has 0 aromatic heterocycles. The lowest BCUT2D eigenvalue weighted by Crippen LogP contribution is -2.65. The second-order valence-electron chi connectivity index (χ2n) is 11.2. The number of likely N-dealkylation sites (tertiary alicyclic amines) is 2. The summed E-state index contributed by atoms with van der Waals surface area (Å²) in [6.07, 6.45) is 3.84. The summed E-state index contributed by atoms with van der Waals surface area (Å²) < 4.78 is 0. The summed E-state index contributed by atoms with van der Waals surface area (Å²) in [5, 5.41) is 0. The molecule has 2 aliphatic heterocycles. The van der Waals surface area contributed by atoms with Crippen LogP contribution in [0.1, 0.15) is 39.0 Å². The van der Waals surface area contributed by atoms with Crippen LogP contribution in [0.25, 0.3) is 0 Å². The van der Waals surface area contributed by atoms with Gasteiger partial charge in [-0.25, -0.2) is 0 Å². The van der Waals surface area contributed by atoms with Crippen molar-refractivity contribution in [3.8, 4) is 0 Å². The van der Waals surface area contributed by atoms with Crippen molar-refractivity contribution in [3.63, 3.8) is 0 Å². The fourth-order valence-electron chi connectivity index (χ4n) is 9.86. The van der Waals surface area contributed by atoms with Crippen LogP contribution in [0.4, 0.5) is 0 Å². The second kappa shape index (κ2) is 4.89. The van der Waals surface area contributed by atoms with Crippen LogP contribution in [0.5, 0.6) is 0 Å². The summed E-state index contributed by atoms with van der Waals surface area (Å²) in [6.45, 7) is 2.24. The Bertz CT molecular complexity index is 990. The summed E-state index contributed by atoms with van der Waals surface area (Å²) in [7, 11) is 1.57. The number of imide groups is 2. The van der Waals surface area contributed by atoms with Crippen LogP contribution < -0.4 is 0 Å². The van der Waals surface area contributed by atoms with E-state index in [4.69, 9.17) is 0 Å². The van der Waals surface area contributed by atoms with Gasteiger partial charge in [-0.15, -0.1) is 0 Å². The first-order valence-electron chi connectivity index (χ1n) is 11.5. The van der Waals surface area contributed by atoms with Gasteiger partial charge >= 0.3 is 0 Å². The zero-order valence-corrected chi connectivity index (χ0v) is 17.3. The molecule has 0 radical (unpaired) electrons. The molecule has 7 aliphatic rings. The molecule has 0 aromatic carbocycles. The molecule has 2 heterocycles. The molecule has 2 saturated heterocycles. The Kier molecular flexibility index (Phi) is 2.87. The van der Waals surface area contributed by atoms with E-state index in [1.54, 1.807) is 7.05 Å². The highest BCUT2D eigenvalue weighted by atomic mass is 16.2. The lowest BCUT2D eigenvalue weighted by atomic mass is 9.40. The highest BCUT2D eigenvalue weighted by Gasteiger charge is 2.82. The molecule has 4 bridgehead atoms. The lowest BCUT2D eigenvalue weighted by Gasteiger charge is -2.60. The van der Waals surface area contributed by atoms with E-state index in [0.717, 1.165) is 32.1 Å². The Balaban J connectivity index is 1.21. The van der Waals surface area contributed by atoms with Crippen molar-refractivity contribution in [1.82, 2.24) is 9.80 Å². The Labute approximate surface area is 174 Å². The van der Waals surface area contributed by atoms with Gasteiger partial charge in [0.25, 0.3) is 0 Å². The molecule has 10 unspecified atom stereocenters. The Morgan fingerprint density at radius 2 is 1.23 bits per heavy atom. The molecule has 0 N–H and O–H groups in total. The molecule has 7 nitrogen and oxygen atoms in total. The van der Waals surface area contributed by atoms with E-state index in [9.17, 15) is 24.0 Å². The quantitative estimate of drug-likeness (QED) is 0.598. The lowest BCUT2D eigenvalue weighted by molar-refractivity contribution is -0.181. The standard InChI is InChI=1S/C23H26N2O5/c1-3-25-19(28)14-10-5-12(16(14)20(25)29)23(7-10)8-22(21(23)30)6-9-4-11(22)15-13(9)17(26)24(2)18(15)27/h9-16H,3-8H2,1-2H3. The zero-order chi connectivity index (χ0) is 20.9. The molecule has 4 amide bonds. The maximum absolute atomic E-state index is 14.0. The Morgan fingerprint density at radius 1 is 0.767 bits per heavy atom. The first-order chi connectivity index (χ1) is 14.3. The van der Waals surface area contributed by atoms with E-state index in [1.165, 1.54) is 9.80 Å². The summed E-state index contributed by atoms with van der Waals surface area (Å²) in [5.41, 5.74) is -0.938. The van der Waals surface area contributed by atoms with Crippen molar-refractivity contribution >= 4 is 29.4 Å². The smallest absolute Gasteiger partial charge is 0.233 e. The SMILES string of the molecule is CCN1C(=O)C2C3CC(C2C1=O)C1(C3)CC2(CC3CC2C2C(=O)N(C)C(=O)C32)C1=O. The van der Waals surface area contributed by atoms with Gasteiger partial charge in [0, 0.05) is 24.4 Å². The number of hydrogen-bond donors (Lipinski definition) is 0. The summed E-state index contributed by atoms with van der Waals surface area (Å²) >= 11 is 0. The number of ketones is 1. The number of carbonyl (C=O) groups excluding carboxylic acids is 5. The van der Waals surface area contributed by atoms with E-state index in [1.807, 2.05) is 6.92 Å². The number of nitrogens with zero attached hydrogens (tertiary/aromatic N) is 2. The van der Waals surface area contributed by atoms with Crippen molar-refractivity contribution < 1.29 is 24.0 Å². The molecule has 158 valence electrons. The fourth-order valence-corrected chi connectivity index (χ4v) is 9.86. The van der Waals surface area contributed by atoms with Crippen LogP contribution in [0.15, 0.2) is 0 Å². The number of Topliss-reactive ketones (excluding diaryl/α,β-unsaturated/α-hetero) is 1. The molecule has 7 rings (SSSR count). The highest BCUT2D eigenvalue weighted by Crippen LogP contribution is 2.79.